The number of nitrogens with zero attached hydrogens (tertiary/aromatic N) is 1. The van der Waals surface area contributed by atoms with Crippen LogP contribution in [0.1, 0.15) is 22.0 Å². The van der Waals surface area contributed by atoms with Crippen LogP contribution < -0.4 is 14.8 Å². The average Bonchev–Trinajstić information content (AvgIpc) is 3.19. The van der Waals surface area contributed by atoms with Gasteiger partial charge < -0.3 is 19.9 Å². The minimum absolute atomic E-state index is 0.111. The van der Waals surface area contributed by atoms with Crippen molar-refractivity contribution in [2.24, 2.45) is 5.92 Å². The number of carbonyl (C=O) groups excluding carboxylic acids is 1. The Balaban J connectivity index is 1.57. The van der Waals surface area contributed by atoms with Crippen molar-refractivity contribution in [3.05, 3.63) is 47.8 Å². The molecule has 2 aromatic rings. The molecule has 0 spiro atoms. The number of carboxylic acid groups (broad SMARTS) is 1. The number of hydrogen-bond acceptors (Lipinski definition) is 5. The van der Waals surface area contributed by atoms with Crippen LogP contribution in [-0.2, 0) is 4.79 Å². The van der Waals surface area contributed by atoms with Crippen molar-refractivity contribution in [3.63, 3.8) is 0 Å². The molecular weight excluding hydrogens is 312 g/mol. The lowest BCUT2D eigenvalue weighted by atomic mass is 10.1. The number of pyridine rings is 1. The largest absolute Gasteiger partial charge is 0.489 e. The van der Waals surface area contributed by atoms with E-state index >= 15 is 0 Å². The van der Waals surface area contributed by atoms with E-state index in [1.165, 1.54) is 13.2 Å². The number of ether oxygens (including phenoxy) is 2. The summed E-state index contributed by atoms with van der Waals surface area (Å²) in [5.41, 5.74) is 1.11. The first-order valence-electron chi connectivity index (χ1n) is 7.48. The number of carboxylic acids is 1. The number of benzene rings is 1. The van der Waals surface area contributed by atoms with Gasteiger partial charge in [-0.25, -0.2) is 0 Å². The number of carbonyl (C=O) groups is 2. The van der Waals surface area contributed by atoms with Crippen LogP contribution in [0.3, 0.4) is 0 Å². The van der Waals surface area contributed by atoms with Crippen LogP contribution in [0.4, 0.5) is 0 Å². The van der Waals surface area contributed by atoms with E-state index in [4.69, 9.17) is 14.6 Å². The van der Waals surface area contributed by atoms with Gasteiger partial charge in [-0.2, -0.15) is 0 Å². The van der Waals surface area contributed by atoms with E-state index in [1.54, 1.807) is 30.3 Å². The summed E-state index contributed by atoms with van der Waals surface area (Å²) in [4.78, 5) is 26.7. The molecule has 1 amide bonds. The molecule has 3 atom stereocenters. The number of aromatic nitrogens is 1. The lowest BCUT2D eigenvalue weighted by Gasteiger charge is -2.10. The summed E-state index contributed by atoms with van der Waals surface area (Å²) in [5, 5.41) is 11.6. The summed E-state index contributed by atoms with van der Waals surface area (Å²) >= 11 is 0. The fourth-order valence-corrected chi connectivity index (χ4v) is 3.06. The molecular formula is C17H14N2O5. The number of amides is 1. The standard InChI is InChI=1S/C17H14N2O5/c1-18-16(20)11-7-9(4-5-19-11)23-8-2-3-12-10(6-8)13-14(17(21)22)15(13)24-12/h2-7,13-15H,1H3,(H,18,20)(H,21,22). The van der Waals surface area contributed by atoms with Gasteiger partial charge in [-0.05, 0) is 24.3 Å². The Bertz CT molecular complexity index is 851. The molecule has 7 nitrogen and oxygen atoms in total. The Morgan fingerprint density at radius 2 is 2.04 bits per heavy atom. The van der Waals surface area contributed by atoms with E-state index in [0.29, 0.717) is 17.2 Å². The third kappa shape index (κ3) is 2.25. The SMILES string of the molecule is CNC(=O)c1cc(Oc2ccc3c(c2)C2C(O3)C2C(=O)O)ccn1. The molecule has 7 heteroatoms. The summed E-state index contributed by atoms with van der Waals surface area (Å²) in [5.74, 6) is 0.0102. The highest BCUT2D eigenvalue weighted by molar-refractivity contribution is 5.92. The van der Waals surface area contributed by atoms with Crippen molar-refractivity contribution in [2.75, 3.05) is 7.05 Å². The highest BCUT2D eigenvalue weighted by Gasteiger charge is 2.63. The van der Waals surface area contributed by atoms with Gasteiger partial charge in [0.25, 0.3) is 5.91 Å². The monoisotopic (exact) mass is 326 g/mol. The van der Waals surface area contributed by atoms with E-state index in [1.807, 2.05) is 0 Å². The lowest BCUT2D eigenvalue weighted by molar-refractivity contribution is -0.139. The summed E-state index contributed by atoms with van der Waals surface area (Å²) in [6.07, 6.45) is 1.22. The highest BCUT2D eigenvalue weighted by atomic mass is 16.5. The molecule has 1 aliphatic carbocycles. The number of fused-ring (bicyclic) bond motifs is 3. The maximum Gasteiger partial charge on any atom is 0.311 e. The van der Waals surface area contributed by atoms with Gasteiger partial charge in [0.2, 0.25) is 0 Å². The van der Waals surface area contributed by atoms with Gasteiger partial charge in [0.1, 0.15) is 35.0 Å². The smallest absolute Gasteiger partial charge is 0.311 e. The van der Waals surface area contributed by atoms with E-state index in [-0.39, 0.29) is 23.6 Å². The zero-order valence-electron chi connectivity index (χ0n) is 12.7. The van der Waals surface area contributed by atoms with Crippen LogP contribution in [0.25, 0.3) is 0 Å². The van der Waals surface area contributed by atoms with Gasteiger partial charge in [0.05, 0.1) is 0 Å². The molecule has 1 aliphatic heterocycles. The molecule has 4 rings (SSSR count). The molecule has 3 unspecified atom stereocenters. The van der Waals surface area contributed by atoms with Gasteiger partial charge >= 0.3 is 5.97 Å². The second kappa shape index (κ2) is 5.23. The second-order valence-corrected chi connectivity index (χ2v) is 5.73. The van der Waals surface area contributed by atoms with Crippen molar-refractivity contribution >= 4 is 11.9 Å². The molecule has 1 saturated carbocycles. The average molecular weight is 326 g/mol. The zero-order chi connectivity index (χ0) is 16.8. The summed E-state index contributed by atoms with van der Waals surface area (Å²) in [7, 11) is 1.53. The summed E-state index contributed by atoms with van der Waals surface area (Å²) in [6, 6.07) is 8.51. The quantitative estimate of drug-likeness (QED) is 0.889. The maximum atomic E-state index is 11.6. The van der Waals surface area contributed by atoms with Crippen molar-refractivity contribution in [2.45, 2.75) is 12.0 Å². The van der Waals surface area contributed by atoms with E-state index in [9.17, 15) is 9.59 Å². The minimum atomic E-state index is -0.841. The Morgan fingerprint density at radius 1 is 1.25 bits per heavy atom. The van der Waals surface area contributed by atoms with Gasteiger partial charge in [-0.3, -0.25) is 14.6 Å². The molecule has 2 heterocycles. The number of aliphatic carboxylic acids is 1. The molecule has 1 aromatic heterocycles. The summed E-state index contributed by atoms with van der Waals surface area (Å²) < 4.78 is 11.4. The molecule has 2 N–H and O–H groups in total. The zero-order valence-corrected chi connectivity index (χ0v) is 12.7. The fraction of sp³-hybridized carbons (Fsp3) is 0.235. The van der Waals surface area contributed by atoms with Crippen LogP contribution in [0.5, 0.6) is 17.2 Å². The maximum absolute atomic E-state index is 11.6. The molecule has 1 aromatic carbocycles. The number of nitrogens with one attached hydrogen (secondary N) is 1. The third-order valence-corrected chi connectivity index (χ3v) is 4.27. The Hall–Kier alpha value is -3.09. The van der Waals surface area contributed by atoms with Crippen LogP contribution in [0.2, 0.25) is 0 Å². The predicted octanol–water partition coefficient (Wildman–Crippen LogP) is 1.79. The Labute approximate surface area is 137 Å². The Morgan fingerprint density at radius 3 is 2.79 bits per heavy atom. The minimum Gasteiger partial charge on any atom is -0.489 e. The van der Waals surface area contributed by atoms with Crippen LogP contribution in [0, 0.1) is 5.92 Å². The van der Waals surface area contributed by atoms with Gasteiger partial charge in [0, 0.05) is 30.8 Å². The van der Waals surface area contributed by atoms with Crippen LogP contribution >= 0.6 is 0 Å². The molecule has 0 saturated heterocycles. The molecule has 1 fully saturated rings. The first-order valence-corrected chi connectivity index (χ1v) is 7.48. The van der Waals surface area contributed by atoms with E-state index in [0.717, 1.165) is 5.56 Å². The van der Waals surface area contributed by atoms with Crippen molar-refractivity contribution in [3.8, 4) is 17.2 Å². The van der Waals surface area contributed by atoms with Gasteiger partial charge in [-0.1, -0.05) is 0 Å². The molecule has 0 radical (unpaired) electrons. The molecule has 122 valence electrons. The van der Waals surface area contributed by atoms with Gasteiger partial charge in [-0.15, -0.1) is 0 Å². The van der Waals surface area contributed by atoms with Crippen molar-refractivity contribution < 1.29 is 24.2 Å². The molecule has 2 aliphatic rings. The number of hydrogen-bond donors (Lipinski definition) is 2. The highest BCUT2D eigenvalue weighted by Crippen LogP contribution is 2.58. The predicted molar refractivity (Wildman–Crippen MR) is 82.4 cm³/mol. The molecule has 24 heavy (non-hydrogen) atoms. The Kier molecular flexibility index (Phi) is 3.16. The third-order valence-electron chi connectivity index (χ3n) is 4.27. The van der Waals surface area contributed by atoms with E-state index < -0.39 is 11.9 Å². The van der Waals surface area contributed by atoms with Gasteiger partial charge in [0.15, 0.2) is 0 Å². The normalized spacial score (nSPS) is 22.8. The fourth-order valence-electron chi connectivity index (χ4n) is 3.06. The first kappa shape index (κ1) is 14.5. The summed E-state index contributed by atoms with van der Waals surface area (Å²) in [6.45, 7) is 0. The van der Waals surface area contributed by atoms with Crippen LogP contribution in [-0.4, -0.2) is 35.1 Å². The lowest BCUT2D eigenvalue weighted by Crippen LogP contribution is -2.18. The number of rotatable bonds is 4. The van der Waals surface area contributed by atoms with Crippen molar-refractivity contribution in [1.82, 2.24) is 10.3 Å². The molecule has 0 bridgehead atoms. The van der Waals surface area contributed by atoms with E-state index in [2.05, 4.69) is 10.3 Å². The second-order valence-electron chi connectivity index (χ2n) is 5.73. The van der Waals surface area contributed by atoms with Crippen molar-refractivity contribution in [1.29, 1.82) is 0 Å². The van der Waals surface area contributed by atoms with Crippen LogP contribution in [0.15, 0.2) is 36.5 Å². The topological polar surface area (TPSA) is 97.8 Å². The first-order chi connectivity index (χ1) is 11.6.